The molecule has 3 nitrogen and oxygen atoms in total. The van der Waals surface area contributed by atoms with E-state index in [4.69, 9.17) is 10.5 Å². The van der Waals surface area contributed by atoms with Crippen LogP contribution in [0.15, 0.2) is 23.9 Å². The minimum atomic E-state index is 0.155. The summed E-state index contributed by atoms with van der Waals surface area (Å²) in [7, 11) is 0. The van der Waals surface area contributed by atoms with Crippen molar-refractivity contribution in [2.75, 3.05) is 6.54 Å². The van der Waals surface area contributed by atoms with Crippen LogP contribution in [-0.4, -0.2) is 17.5 Å². The molecule has 0 rings (SSSR count). The lowest BCUT2D eigenvalue weighted by Crippen LogP contribution is -2.32. The van der Waals surface area contributed by atoms with Crippen LogP contribution in [0.2, 0.25) is 0 Å². The number of nitrogens with zero attached hydrogens (tertiary/aromatic N) is 3. The zero-order chi connectivity index (χ0) is 18.2. The maximum Gasteiger partial charge on any atom is 0.129 e. The van der Waals surface area contributed by atoms with Crippen LogP contribution in [0, 0.1) is 28.6 Å². The van der Waals surface area contributed by atoms with Crippen molar-refractivity contribution in [1.82, 2.24) is 4.90 Å². The summed E-state index contributed by atoms with van der Waals surface area (Å²) in [5.74, 6) is 0.707. The molecule has 0 aromatic rings. The third-order valence-electron chi connectivity index (χ3n) is 4.59. The Morgan fingerprint density at radius 2 is 1.67 bits per heavy atom. The van der Waals surface area contributed by atoms with E-state index in [-0.39, 0.29) is 5.57 Å². The Kier molecular flexibility index (Phi) is 13.8. The summed E-state index contributed by atoms with van der Waals surface area (Å²) in [4.78, 5) is 2.41. The fourth-order valence-corrected chi connectivity index (χ4v) is 2.81. The van der Waals surface area contributed by atoms with Gasteiger partial charge < -0.3 is 4.90 Å². The monoisotopic (exact) mass is 329 g/mol. The van der Waals surface area contributed by atoms with Crippen LogP contribution in [0.4, 0.5) is 0 Å². The molecule has 0 saturated heterocycles. The maximum atomic E-state index is 8.84. The van der Waals surface area contributed by atoms with Gasteiger partial charge in [0, 0.05) is 12.6 Å². The van der Waals surface area contributed by atoms with E-state index in [1.54, 1.807) is 6.08 Å². The number of hydrogen-bond acceptors (Lipinski definition) is 3. The lowest BCUT2D eigenvalue weighted by atomic mass is 9.97. The van der Waals surface area contributed by atoms with Gasteiger partial charge in [0.1, 0.15) is 17.7 Å². The van der Waals surface area contributed by atoms with Crippen LogP contribution >= 0.6 is 0 Å². The fraction of sp³-hybridized carbons (Fsp3) is 0.714. The molecular formula is C21H35N3. The Bertz CT molecular complexity index is 435. The van der Waals surface area contributed by atoms with Crippen molar-refractivity contribution in [3.8, 4) is 12.1 Å². The van der Waals surface area contributed by atoms with E-state index in [9.17, 15) is 0 Å². The Morgan fingerprint density at radius 3 is 2.21 bits per heavy atom. The third-order valence-corrected chi connectivity index (χ3v) is 4.59. The van der Waals surface area contributed by atoms with Gasteiger partial charge in [0.2, 0.25) is 0 Å². The Hall–Kier alpha value is -1.74. The maximum absolute atomic E-state index is 8.84. The van der Waals surface area contributed by atoms with E-state index in [1.165, 1.54) is 51.4 Å². The van der Waals surface area contributed by atoms with Gasteiger partial charge in [-0.05, 0) is 44.0 Å². The van der Waals surface area contributed by atoms with Crippen molar-refractivity contribution in [1.29, 1.82) is 10.5 Å². The molecule has 134 valence electrons. The largest absolute Gasteiger partial charge is 0.374 e. The zero-order valence-electron chi connectivity index (χ0n) is 16.1. The highest BCUT2D eigenvalue weighted by Crippen LogP contribution is 2.18. The molecule has 0 radical (unpaired) electrons. The number of allylic oxidation sites excluding steroid dienone is 3. The Labute approximate surface area is 149 Å². The van der Waals surface area contributed by atoms with Crippen molar-refractivity contribution in [2.45, 2.75) is 85.1 Å². The highest BCUT2D eigenvalue weighted by molar-refractivity contribution is 5.37. The molecule has 24 heavy (non-hydrogen) atoms. The third kappa shape index (κ3) is 10.1. The highest BCUT2D eigenvalue weighted by atomic mass is 15.1. The summed E-state index contributed by atoms with van der Waals surface area (Å²) in [6, 6.07) is 4.30. The number of nitriles is 2. The fourth-order valence-electron chi connectivity index (χ4n) is 2.81. The summed E-state index contributed by atoms with van der Waals surface area (Å²) in [5, 5.41) is 17.7. The first-order valence-corrected chi connectivity index (χ1v) is 9.57. The Balaban J connectivity index is 4.93. The van der Waals surface area contributed by atoms with Gasteiger partial charge >= 0.3 is 0 Å². The summed E-state index contributed by atoms with van der Waals surface area (Å²) in [6.45, 7) is 10.1. The highest BCUT2D eigenvalue weighted by Gasteiger charge is 2.15. The molecule has 0 aromatic heterocycles. The first-order valence-electron chi connectivity index (χ1n) is 9.57. The number of rotatable bonds is 13. The second-order valence-electron chi connectivity index (χ2n) is 6.60. The van der Waals surface area contributed by atoms with E-state index >= 15 is 0 Å². The summed E-state index contributed by atoms with van der Waals surface area (Å²) in [5.41, 5.74) is 0.155. The molecule has 3 heteroatoms. The molecule has 0 bridgehead atoms. The van der Waals surface area contributed by atoms with Gasteiger partial charge in [0.15, 0.2) is 0 Å². The number of unbranched alkanes of at least 4 members (excludes halogenated alkanes) is 3. The number of hydrogen-bond donors (Lipinski definition) is 0. The second kappa shape index (κ2) is 14.8. The molecule has 0 saturated carbocycles. The van der Waals surface area contributed by atoms with E-state index in [2.05, 4.69) is 38.8 Å². The summed E-state index contributed by atoms with van der Waals surface area (Å²) in [6.07, 6.45) is 15.5. The lowest BCUT2D eigenvalue weighted by Gasteiger charge is -2.31. The zero-order valence-corrected chi connectivity index (χ0v) is 16.1. The predicted molar refractivity (Wildman–Crippen MR) is 102 cm³/mol. The molecule has 0 aliphatic carbocycles. The molecule has 2 unspecified atom stereocenters. The van der Waals surface area contributed by atoms with Gasteiger partial charge in [0.05, 0.1) is 0 Å². The summed E-state index contributed by atoms with van der Waals surface area (Å²) < 4.78 is 0. The van der Waals surface area contributed by atoms with Crippen molar-refractivity contribution < 1.29 is 0 Å². The van der Waals surface area contributed by atoms with Crippen molar-refractivity contribution in [3.63, 3.8) is 0 Å². The molecule has 0 fully saturated rings. The van der Waals surface area contributed by atoms with Crippen LogP contribution in [0.3, 0.4) is 0 Å². The smallest absolute Gasteiger partial charge is 0.129 e. The van der Waals surface area contributed by atoms with E-state index in [0.717, 1.165) is 6.54 Å². The van der Waals surface area contributed by atoms with E-state index in [1.807, 2.05) is 18.2 Å². The minimum Gasteiger partial charge on any atom is -0.374 e. The topological polar surface area (TPSA) is 50.8 Å². The van der Waals surface area contributed by atoms with Crippen LogP contribution in [-0.2, 0) is 0 Å². The molecule has 0 aliphatic rings. The van der Waals surface area contributed by atoms with Crippen molar-refractivity contribution in [2.24, 2.45) is 5.92 Å². The van der Waals surface area contributed by atoms with E-state index in [0.29, 0.717) is 12.0 Å². The van der Waals surface area contributed by atoms with E-state index < -0.39 is 0 Å². The molecule has 2 atom stereocenters. The van der Waals surface area contributed by atoms with Gasteiger partial charge in [-0.15, -0.1) is 0 Å². The quantitative estimate of drug-likeness (QED) is 0.238. The van der Waals surface area contributed by atoms with Gasteiger partial charge in [-0.3, -0.25) is 0 Å². The molecule has 0 spiro atoms. The van der Waals surface area contributed by atoms with Crippen molar-refractivity contribution in [3.05, 3.63) is 23.9 Å². The first-order chi connectivity index (χ1) is 11.6. The standard InChI is InChI=1S/C21H35N3/c1-5-8-10-12-19(4)24(15-11-14-21(16-22)17-23)18-20(7-3)13-9-6-2/h11,14-15,19-20H,5-10,12-13,18H2,1-4H3. The molecule has 0 aliphatic heterocycles. The normalized spacial score (nSPS) is 13.1. The van der Waals surface area contributed by atoms with Crippen LogP contribution in [0.5, 0.6) is 0 Å². The summed E-state index contributed by atoms with van der Waals surface area (Å²) >= 11 is 0. The van der Waals surface area contributed by atoms with Gasteiger partial charge in [0.25, 0.3) is 0 Å². The molecule has 0 heterocycles. The molecular weight excluding hydrogens is 294 g/mol. The predicted octanol–water partition coefficient (Wildman–Crippen LogP) is 5.96. The van der Waals surface area contributed by atoms with Gasteiger partial charge in [-0.1, -0.05) is 59.3 Å². The van der Waals surface area contributed by atoms with Crippen LogP contribution in [0.25, 0.3) is 0 Å². The minimum absolute atomic E-state index is 0.155. The van der Waals surface area contributed by atoms with Crippen molar-refractivity contribution >= 4 is 0 Å². The average molecular weight is 330 g/mol. The SMILES string of the molecule is CCCCCC(C)N(C=CC=C(C#N)C#N)CC(CC)CCCC. The Morgan fingerprint density at radius 1 is 1.00 bits per heavy atom. The van der Waals surface area contributed by atoms with Gasteiger partial charge in [-0.25, -0.2) is 0 Å². The van der Waals surface area contributed by atoms with Gasteiger partial charge in [-0.2, -0.15) is 10.5 Å². The lowest BCUT2D eigenvalue weighted by molar-refractivity contribution is 0.223. The first kappa shape index (κ1) is 22.3. The molecule has 0 aromatic carbocycles. The molecule has 0 N–H and O–H groups in total. The van der Waals surface area contributed by atoms with Crippen LogP contribution in [0.1, 0.15) is 79.1 Å². The van der Waals surface area contributed by atoms with Crippen LogP contribution < -0.4 is 0 Å². The second-order valence-corrected chi connectivity index (χ2v) is 6.60. The molecule has 0 amide bonds. The average Bonchev–Trinajstić information content (AvgIpc) is 2.60.